The number of carboxylic acid groups (broad SMARTS) is 1. The molecule has 0 bridgehead atoms. The van der Waals surface area contributed by atoms with Crippen LogP contribution in [0.5, 0.6) is 5.75 Å². The maximum absolute atomic E-state index is 13.3. The summed E-state index contributed by atoms with van der Waals surface area (Å²) in [4.78, 5) is 11.9. The molecule has 6 nitrogen and oxygen atoms in total. The van der Waals surface area contributed by atoms with E-state index < -0.39 is 21.7 Å². The molecule has 1 aliphatic rings. The quantitative estimate of drug-likeness (QED) is 0.872. The molecule has 1 aliphatic heterocycles. The van der Waals surface area contributed by atoms with Gasteiger partial charge in [-0.05, 0) is 42.3 Å². The van der Waals surface area contributed by atoms with Gasteiger partial charge in [0.2, 0.25) is 9.84 Å². The highest BCUT2D eigenvalue weighted by Crippen LogP contribution is 2.35. The number of phenolic OH excluding ortho intramolecular Hbond substituents is 1. The van der Waals surface area contributed by atoms with E-state index in [-0.39, 0.29) is 28.0 Å². The number of phenols is 1. The lowest BCUT2D eigenvalue weighted by Gasteiger charge is -2.15. The highest BCUT2D eigenvalue weighted by molar-refractivity contribution is 7.91. The van der Waals surface area contributed by atoms with E-state index >= 15 is 0 Å². The number of aromatic hydroxyl groups is 1. The van der Waals surface area contributed by atoms with E-state index in [1.54, 1.807) is 0 Å². The standard InChI is InChI=1S/C17H16FNO5S/c18-12-2-1-3-13(8-12)25(23,24)14-4-5-15(16(20)9-14)11-6-7-19(10-11)17(21)22/h1-5,8-9,11,20H,6-7,10H2,(H,21,22). The zero-order valence-corrected chi connectivity index (χ0v) is 13.9. The van der Waals surface area contributed by atoms with Crippen molar-refractivity contribution < 1.29 is 27.8 Å². The molecule has 0 radical (unpaired) electrons. The topological polar surface area (TPSA) is 94.9 Å². The van der Waals surface area contributed by atoms with E-state index in [2.05, 4.69) is 0 Å². The summed E-state index contributed by atoms with van der Waals surface area (Å²) in [7, 11) is -3.95. The molecule has 3 rings (SSSR count). The Morgan fingerprint density at radius 3 is 2.48 bits per heavy atom. The first kappa shape index (κ1) is 17.2. The van der Waals surface area contributed by atoms with E-state index in [1.165, 1.54) is 29.2 Å². The lowest BCUT2D eigenvalue weighted by atomic mass is 9.97. The second kappa shape index (κ2) is 6.36. The van der Waals surface area contributed by atoms with Crippen LogP contribution < -0.4 is 0 Å². The third-order valence-electron chi connectivity index (χ3n) is 4.32. The van der Waals surface area contributed by atoms with Crippen molar-refractivity contribution in [2.45, 2.75) is 22.1 Å². The third kappa shape index (κ3) is 3.30. The number of halogens is 1. The summed E-state index contributed by atoms with van der Waals surface area (Å²) in [6.07, 6.45) is -0.470. The van der Waals surface area contributed by atoms with Crippen molar-refractivity contribution in [2.75, 3.05) is 13.1 Å². The van der Waals surface area contributed by atoms with Gasteiger partial charge < -0.3 is 15.1 Å². The number of hydrogen-bond donors (Lipinski definition) is 2. The predicted molar refractivity (Wildman–Crippen MR) is 86.9 cm³/mol. The zero-order chi connectivity index (χ0) is 18.2. The minimum absolute atomic E-state index is 0.146. The third-order valence-corrected chi connectivity index (χ3v) is 6.07. The molecular weight excluding hydrogens is 349 g/mol. The summed E-state index contributed by atoms with van der Waals surface area (Å²) in [5.41, 5.74) is 0.502. The molecule has 0 spiro atoms. The van der Waals surface area contributed by atoms with Crippen molar-refractivity contribution in [3.63, 3.8) is 0 Å². The summed E-state index contributed by atoms with van der Waals surface area (Å²) in [5.74, 6) is -1.07. The molecule has 1 atom stereocenters. The Labute approximate surface area is 144 Å². The van der Waals surface area contributed by atoms with Gasteiger partial charge in [0.05, 0.1) is 9.79 Å². The van der Waals surface area contributed by atoms with E-state index in [0.717, 1.165) is 18.2 Å². The first-order chi connectivity index (χ1) is 11.8. The lowest BCUT2D eigenvalue weighted by Crippen LogP contribution is -2.26. The van der Waals surface area contributed by atoms with Crippen LogP contribution in [0.4, 0.5) is 9.18 Å². The number of benzene rings is 2. The Morgan fingerprint density at radius 2 is 1.88 bits per heavy atom. The van der Waals surface area contributed by atoms with Crippen molar-refractivity contribution in [3.05, 3.63) is 53.8 Å². The van der Waals surface area contributed by atoms with Gasteiger partial charge in [-0.3, -0.25) is 0 Å². The van der Waals surface area contributed by atoms with Gasteiger partial charge in [-0.2, -0.15) is 0 Å². The first-order valence-corrected chi connectivity index (χ1v) is 9.09. The molecule has 0 aromatic heterocycles. The Kier molecular flexibility index (Phi) is 4.38. The number of likely N-dealkylation sites (tertiary alicyclic amines) is 1. The number of amides is 1. The van der Waals surface area contributed by atoms with Crippen molar-refractivity contribution in [2.24, 2.45) is 0 Å². The molecule has 1 unspecified atom stereocenters. The predicted octanol–water partition coefficient (Wildman–Crippen LogP) is 2.83. The molecule has 0 saturated carbocycles. The monoisotopic (exact) mass is 365 g/mol. The number of sulfone groups is 1. The molecule has 25 heavy (non-hydrogen) atoms. The van der Waals surface area contributed by atoms with Crippen LogP contribution in [0, 0.1) is 5.82 Å². The van der Waals surface area contributed by atoms with Crippen LogP contribution >= 0.6 is 0 Å². The van der Waals surface area contributed by atoms with Gasteiger partial charge in [-0.1, -0.05) is 12.1 Å². The number of hydrogen-bond acceptors (Lipinski definition) is 4. The van der Waals surface area contributed by atoms with Crippen molar-refractivity contribution in [1.82, 2.24) is 4.90 Å². The van der Waals surface area contributed by atoms with Crippen molar-refractivity contribution in [3.8, 4) is 5.75 Å². The molecular formula is C17H16FNO5S. The highest BCUT2D eigenvalue weighted by atomic mass is 32.2. The molecule has 8 heteroatoms. The zero-order valence-electron chi connectivity index (χ0n) is 13.1. The Bertz CT molecular complexity index is 928. The maximum Gasteiger partial charge on any atom is 0.407 e. The fourth-order valence-electron chi connectivity index (χ4n) is 2.99. The van der Waals surface area contributed by atoms with Crippen LogP contribution in [0.1, 0.15) is 17.9 Å². The minimum Gasteiger partial charge on any atom is -0.508 e. The van der Waals surface area contributed by atoms with Crippen LogP contribution in [0.2, 0.25) is 0 Å². The van der Waals surface area contributed by atoms with Gasteiger partial charge >= 0.3 is 6.09 Å². The lowest BCUT2D eigenvalue weighted by molar-refractivity contribution is 0.155. The first-order valence-electron chi connectivity index (χ1n) is 7.60. The number of carbonyl (C=O) groups is 1. The summed E-state index contributed by atoms with van der Waals surface area (Å²) in [5, 5.41) is 19.2. The molecule has 2 aromatic rings. The van der Waals surface area contributed by atoms with Crippen LogP contribution in [-0.4, -0.2) is 42.7 Å². The summed E-state index contributed by atoms with van der Waals surface area (Å²) in [6, 6.07) is 8.60. The minimum atomic E-state index is -3.95. The van der Waals surface area contributed by atoms with E-state index in [1.807, 2.05) is 0 Å². The van der Waals surface area contributed by atoms with Crippen LogP contribution in [0.3, 0.4) is 0 Å². The molecule has 132 valence electrons. The SMILES string of the molecule is O=C(O)N1CCC(c2ccc(S(=O)(=O)c3cccc(F)c3)cc2O)C1. The van der Waals surface area contributed by atoms with Gasteiger partial charge in [0.25, 0.3) is 0 Å². The largest absolute Gasteiger partial charge is 0.508 e. The van der Waals surface area contributed by atoms with Gasteiger partial charge in [-0.15, -0.1) is 0 Å². The molecule has 2 N–H and O–H groups in total. The average molecular weight is 365 g/mol. The van der Waals surface area contributed by atoms with Crippen LogP contribution in [-0.2, 0) is 9.84 Å². The van der Waals surface area contributed by atoms with E-state index in [0.29, 0.717) is 18.5 Å². The van der Waals surface area contributed by atoms with Gasteiger partial charge in [-0.25, -0.2) is 17.6 Å². The molecule has 1 amide bonds. The maximum atomic E-state index is 13.3. The molecule has 1 heterocycles. The Hall–Kier alpha value is -2.61. The van der Waals surface area contributed by atoms with E-state index in [9.17, 15) is 22.7 Å². The van der Waals surface area contributed by atoms with Crippen LogP contribution in [0.25, 0.3) is 0 Å². The average Bonchev–Trinajstić information content (AvgIpc) is 3.04. The summed E-state index contributed by atoms with van der Waals surface area (Å²) in [6.45, 7) is 0.613. The highest BCUT2D eigenvalue weighted by Gasteiger charge is 2.29. The fourth-order valence-corrected chi connectivity index (χ4v) is 4.31. The van der Waals surface area contributed by atoms with Crippen molar-refractivity contribution in [1.29, 1.82) is 0 Å². The van der Waals surface area contributed by atoms with Crippen LogP contribution in [0.15, 0.2) is 52.3 Å². The molecule has 1 saturated heterocycles. The Morgan fingerprint density at radius 1 is 1.16 bits per heavy atom. The Balaban J connectivity index is 1.91. The van der Waals surface area contributed by atoms with Gasteiger partial charge in [0.1, 0.15) is 11.6 Å². The fraction of sp³-hybridized carbons (Fsp3) is 0.235. The smallest absolute Gasteiger partial charge is 0.407 e. The van der Waals surface area contributed by atoms with Gasteiger partial charge in [0, 0.05) is 19.0 Å². The molecule has 1 fully saturated rings. The number of nitrogens with zero attached hydrogens (tertiary/aromatic N) is 1. The normalized spacial score (nSPS) is 17.6. The summed E-state index contributed by atoms with van der Waals surface area (Å²) >= 11 is 0. The molecule has 0 aliphatic carbocycles. The van der Waals surface area contributed by atoms with Gasteiger partial charge in [0.15, 0.2) is 0 Å². The summed E-state index contributed by atoms with van der Waals surface area (Å²) < 4.78 is 38.4. The van der Waals surface area contributed by atoms with E-state index in [4.69, 9.17) is 5.11 Å². The second-order valence-corrected chi connectivity index (χ2v) is 7.85. The molecule has 2 aromatic carbocycles. The van der Waals surface area contributed by atoms with Crippen molar-refractivity contribution >= 4 is 15.9 Å². The second-order valence-electron chi connectivity index (χ2n) is 5.90. The number of rotatable bonds is 3.